The summed E-state index contributed by atoms with van der Waals surface area (Å²) < 4.78 is 28.3. The third-order valence-corrected chi connectivity index (χ3v) is 6.58. The molecule has 0 fully saturated rings. The molecule has 0 atom stereocenters. The highest BCUT2D eigenvalue weighted by Gasteiger charge is 2.31. The third kappa shape index (κ3) is 2.28. The van der Waals surface area contributed by atoms with Crippen LogP contribution in [0.4, 0.5) is 0 Å². The van der Waals surface area contributed by atoms with Crippen LogP contribution in [0.1, 0.15) is 11.3 Å². The van der Waals surface area contributed by atoms with E-state index in [4.69, 9.17) is 0 Å². The summed E-state index contributed by atoms with van der Waals surface area (Å²) >= 11 is 0. The summed E-state index contributed by atoms with van der Waals surface area (Å²) in [6.07, 6.45) is 0.525. The van der Waals surface area contributed by atoms with Crippen LogP contribution in [0.25, 0.3) is 10.8 Å². The molecule has 128 valence electrons. The topological polar surface area (TPSA) is 59.4 Å². The van der Waals surface area contributed by atoms with Crippen molar-refractivity contribution in [3.8, 4) is 0 Å². The molecule has 0 N–H and O–H groups in total. The number of hydrogen-bond donors (Lipinski definition) is 0. The number of benzene rings is 2. The van der Waals surface area contributed by atoms with Crippen molar-refractivity contribution in [1.82, 2.24) is 4.68 Å². The van der Waals surface area contributed by atoms with Crippen LogP contribution in [-0.2, 0) is 16.3 Å². The van der Waals surface area contributed by atoms with Gasteiger partial charge in [0.1, 0.15) is 4.90 Å². The average molecular weight is 354 g/mol. The first-order valence-electron chi connectivity index (χ1n) is 8.11. The number of fused-ring (bicyclic) bond motifs is 2. The zero-order chi connectivity index (χ0) is 17.8. The Kier molecular flexibility index (Phi) is 3.47. The Hall–Kier alpha value is -2.60. The number of rotatable bonds is 2. The van der Waals surface area contributed by atoms with Crippen LogP contribution in [0.15, 0.2) is 63.1 Å². The highest BCUT2D eigenvalue weighted by atomic mass is 32.2. The maximum atomic E-state index is 13.4. The van der Waals surface area contributed by atoms with Gasteiger partial charge in [-0.15, -0.1) is 0 Å². The molecule has 0 unspecified atom stereocenters. The first kappa shape index (κ1) is 15.9. The second kappa shape index (κ2) is 5.46. The Labute approximate surface area is 146 Å². The number of aromatic nitrogens is 1. The van der Waals surface area contributed by atoms with Gasteiger partial charge in [-0.05, 0) is 31.2 Å². The lowest BCUT2D eigenvalue weighted by Crippen LogP contribution is -2.36. The molecule has 0 radical (unpaired) electrons. The zero-order valence-electron chi connectivity index (χ0n) is 14.1. The summed E-state index contributed by atoms with van der Waals surface area (Å²) in [4.78, 5) is 13.4. The smallest absolute Gasteiger partial charge is 0.277 e. The van der Waals surface area contributed by atoms with Gasteiger partial charge in [-0.3, -0.25) is 4.79 Å². The normalized spacial score (nSPS) is 14.1. The molecule has 4 rings (SSSR count). The van der Waals surface area contributed by atoms with Crippen molar-refractivity contribution in [2.45, 2.75) is 23.1 Å². The van der Waals surface area contributed by atoms with E-state index in [1.54, 1.807) is 54.5 Å². The van der Waals surface area contributed by atoms with Gasteiger partial charge < -0.3 is 5.01 Å². The van der Waals surface area contributed by atoms with E-state index in [0.29, 0.717) is 29.4 Å². The van der Waals surface area contributed by atoms with Gasteiger partial charge in [-0.25, -0.2) is 13.1 Å². The van der Waals surface area contributed by atoms with Gasteiger partial charge in [0.05, 0.1) is 16.0 Å². The molecule has 3 aromatic rings. The first-order chi connectivity index (χ1) is 11.9. The molecule has 1 aliphatic heterocycles. The van der Waals surface area contributed by atoms with Gasteiger partial charge in [0.15, 0.2) is 0 Å². The van der Waals surface area contributed by atoms with Crippen molar-refractivity contribution in [1.29, 1.82) is 0 Å². The molecular weight excluding hydrogens is 336 g/mol. The van der Waals surface area contributed by atoms with Crippen LogP contribution in [0, 0.1) is 6.92 Å². The SMILES string of the molecule is Cc1ccc2c(=O)n3c(c(S(=O)(=O)c4ccccc4)c2c1)CCN3C. The van der Waals surface area contributed by atoms with Gasteiger partial charge in [0.2, 0.25) is 9.84 Å². The second-order valence-corrected chi connectivity index (χ2v) is 8.28. The minimum absolute atomic E-state index is 0.169. The van der Waals surface area contributed by atoms with Crippen LogP contribution in [0.5, 0.6) is 0 Å². The Bertz CT molecular complexity index is 1150. The molecule has 5 nitrogen and oxygen atoms in total. The van der Waals surface area contributed by atoms with Gasteiger partial charge in [-0.1, -0.05) is 29.8 Å². The van der Waals surface area contributed by atoms with Gasteiger partial charge >= 0.3 is 0 Å². The van der Waals surface area contributed by atoms with Crippen LogP contribution in [-0.4, -0.2) is 26.7 Å². The Morgan fingerprint density at radius 2 is 1.72 bits per heavy atom. The summed E-state index contributed by atoms with van der Waals surface area (Å²) in [6.45, 7) is 2.51. The molecule has 2 heterocycles. The highest BCUT2D eigenvalue weighted by Crippen LogP contribution is 2.32. The van der Waals surface area contributed by atoms with E-state index in [1.165, 1.54) is 4.68 Å². The van der Waals surface area contributed by atoms with Crippen molar-refractivity contribution in [2.24, 2.45) is 0 Å². The molecule has 2 aromatic carbocycles. The summed E-state index contributed by atoms with van der Waals surface area (Å²) in [5.74, 6) is 0. The van der Waals surface area contributed by atoms with Crippen molar-refractivity contribution < 1.29 is 8.42 Å². The molecule has 1 aliphatic rings. The number of hydrogen-bond acceptors (Lipinski definition) is 4. The van der Waals surface area contributed by atoms with E-state index in [9.17, 15) is 13.2 Å². The Morgan fingerprint density at radius 3 is 2.44 bits per heavy atom. The molecule has 0 bridgehead atoms. The van der Waals surface area contributed by atoms with Crippen LogP contribution in [0.3, 0.4) is 0 Å². The minimum Gasteiger partial charge on any atom is -0.312 e. The largest absolute Gasteiger partial charge is 0.312 e. The van der Waals surface area contributed by atoms with Gasteiger partial charge in [-0.2, -0.15) is 0 Å². The van der Waals surface area contributed by atoms with E-state index < -0.39 is 9.84 Å². The van der Waals surface area contributed by atoms with Crippen LogP contribution >= 0.6 is 0 Å². The molecule has 0 spiro atoms. The molecule has 6 heteroatoms. The molecule has 0 aliphatic carbocycles. The van der Waals surface area contributed by atoms with Crippen molar-refractivity contribution in [3.63, 3.8) is 0 Å². The highest BCUT2D eigenvalue weighted by molar-refractivity contribution is 7.91. The van der Waals surface area contributed by atoms with E-state index in [1.807, 2.05) is 13.0 Å². The summed E-state index contributed by atoms with van der Waals surface area (Å²) in [5.41, 5.74) is 1.32. The number of aryl methyl sites for hydroxylation is 1. The fourth-order valence-electron chi connectivity index (χ4n) is 3.49. The number of nitrogens with zero attached hydrogens (tertiary/aromatic N) is 2. The maximum Gasteiger partial charge on any atom is 0.277 e. The quantitative estimate of drug-likeness (QED) is 0.708. The maximum absolute atomic E-state index is 13.4. The lowest BCUT2D eigenvalue weighted by molar-refractivity contribution is 0.594. The van der Waals surface area contributed by atoms with Crippen molar-refractivity contribution in [3.05, 3.63) is 70.1 Å². The predicted octanol–water partition coefficient (Wildman–Crippen LogP) is 2.27. The average Bonchev–Trinajstić information content (AvgIpc) is 2.97. The van der Waals surface area contributed by atoms with Gasteiger partial charge in [0, 0.05) is 25.4 Å². The molecule has 25 heavy (non-hydrogen) atoms. The Morgan fingerprint density at radius 1 is 1.00 bits per heavy atom. The van der Waals surface area contributed by atoms with Crippen LogP contribution < -0.4 is 10.6 Å². The number of likely N-dealkylation sites (N-methyl/N-ethyl adjacent to an activating group) is 1. The monoisotopic (exact) mass is 354 g/mol. The zero-order valence-corrected chi connectivity index (χ0v) is 14.9. The lowest BCUT2D eigenvalue weighted by Gasteiger charge is -2.19. The summed E-state index contributed by atoms with van der Waals surface area (Å²) in [6, 6.07) is 13.8. The van der Waals surface area contributed by atoms with Gasteiger partial charge in [0.25, 0.3) is 5.56 Å². The van der Waals surface area contributed by atoms with Crippen molar-refractivity contribution >= 4 is 20.6 Å². The van der Waals surface area contributed by atoms with Crippen molar-refractivity contribution in [2.75, 3.05) is 18.6 Å². The summed E-state index contributed by atoms with van der Waals surface area (Å²) in [7, 11) is -1.93. The third-order valence-electron chi connectivity index (χ3n) is 4.70. The fourth-order valence-corrected chi connectivity index (χ4v) is 5.19. The number of pyridine rings is 1. The Balaban J connectivity index is 2.19. The number of sulfone groups is 1. The second-order valence-electron chi connectivity index (χ2n) is 6.39. The van der Waals surface area contributed by atoms with Crippen LogP contribution in [0.2, 0.25) is 0 Å². The van der Waals surface area contributed by atoms with E-state index >= 15 is 0 Å². The minimum atomic E-state index is -3.73. The van der Waals surface area contributed by atoms with E-state index in [0.717, 1.165) is 5.56 Å². The molecular formula is C19H18N2O3S. The standard InChI is InChI=1S/C19H18N2O3S/c1-13-8-9-15-16(12-13)18(17-10-11-20(2)21(17)19(15)22)25(23,24)14-6-4-3-5-7-14/h3-9,12H,10-11H2,1-2H3. The predicted molar refractivity (Wildman–Crippen MR) is 97.6 cm³/mol. The summed E-state index contributed by atoms with van der Waals surface area (Å²) in [5, 5.41) is 2.72. The fraction of sp³-hybridized carbons (Fsp3) is 0.211. The lowest BCUT2D eigenvalue weighted by atomic mass is 10.1. The molecule has 0 saturated heterocycles. The first-order valence-corrected chi connectivity index (χ1v) is 9.59. The molecule has 0 amide bonds. The molecule has 1 aromatic heterocycles. The van der Waals surface area contributed by atoms with E-state index in [2.05, 4.69) is 0 Å². The molecule has 0 saturated carbocycles. The van der Waals surface area contributed by atoms with E-state index in [-0.39, 0.29) is 15.4 Å².